The first kappa shape index (κ1) is 11.1. The van der Waals surface area contributed by atoms with Crippen molar-refractivity contribution in [3.05, 3.63) is 0 Å². The first-order valence-corrected chi connectivity index (χ1v) is 4.68. The molecule has 1 heterocycles. The van der Waals surface area contributed by atoms with Crippen LogP contribution >= 0.6 is 0 Å². The van der Waals surface area contributed by atoms with Crippen molar-refractivity contribution < 1.29 is 14.0 Å². The summed E-state index contributed by atoms with van der Waals surface area (Å²) >= 11 is 0. The molecule has 0 bridgehead atoms. The fourth-order valence-electron chi connectivity index (χ4n) is 1.74. The highest BCUT2D eigenvalue weighted by Crippen LogP contribution is 2.22. The van der Waals surface area contributed by atoms with Gasteiger partial charge in [0.15, 0.2) is 0 Å². The van der Waals surface area contributed by atoms with Gasteiger partial charge in [-0.2, -0.15) is 0 Å². The molecule has 1 aliphatic rings. The van der Waals surface area contributed by atoms with Crippen molar-refractivity contribution in [1.82, 2.24) is 10.2 Å². The summed E-state index contributed by atoms with van der Waals surface area (Å²) in [5, 5.41) is 2.72. The van der Waals surface area contributed by atoms with Crippen LogP contribution in [-0.2, 0) is 9.59 Å². The SMILES string of the molecule is CNCC(=O)N1CC(CF)CC1C=O. The Labute approximate surface area is 82.5 Å². The maximum Gasteiger partial charge on any atom is 0.237 e. The van der Waals surface area contributed by atoms with Gasteiger partial charge in [-0.3, -0.25) is 9.18 Å². The number of nitrogens with zero attached hydrogens (tertiary/aromatic N) is 1. The molecule has 80 valence electrons. The van der Waals surface area contributed by atoms with Crippen LogP contribution in [-0.4, -0.2) is 49.9 Å². The number of halogens is 1. The molecule has 1 saturated heterocycles. The molecule has 0 aromatic carbocycles. The van der Waals surface area contributed by atoms with Crippen molar-refractivity contribution in [2.45, 2.75) is 12.5 Å². The van der Waals surface area contributed by atoms with Crippen LogP contribution < -0.4 is 5.32 Å². The number of hydrogen-bond donors (Lipinski definition) is 1. The van der Waals surface area contributed by atoms with E-state index in [0.717, 1.165) is 6.29 Å². The lowest BCUT2D eigenvalue weighted by atomic mass is 10.1. The van der Waals surface area contributed by atoms with E-state index in [0.29, 0.717) is 13.0 Å². The van der Waals surface area contributed by atoms with E-state index in [9.17, 15) is 14.0 Å². The Kier molecular flexibility index (Phi) is 4.00. The van der Waals surface area contributed by atoms with E-state index in [1.54, 1.807) is 7.05 Å². The average molecular weight is 202 g/mol. The minimum absolute atomic E-state index is 0.138. The number of likely N-dealkylation sites (tertiary alicyclic amines) is 1. The summed E-state index contributed by atoms with van der Waals surface area (Å²) in [6.45, 7) is 0.0947. The molecule has 1 fully saturated rings. The van der Waals surface area contributed by atoms with Gasteiger partial charge in [-0.15, -0.1) is 0 Å². The zero-order valence-electron chi connectivity index (χ0n) is 8.20. The topological polar surface area (TPSA) is 49.4 Å². The van der Waals surface area contributed by atoms with Gasteiger partial charge in [-0.25, -0.2) is 0 Å². The van der Waals surface area contributed by atoms with Crippen molar-refractivity contribution in [2.24, 2.45) is 5.92 Å². The number of carbonyl (C=O) groups is 2. The summed E-state index contributed by atoms with van der Waals surface area (Å²) in [6.07, 6.45) is 1.18. The summed E-state index contributed by atoms with van der Waals surface area (Å²) in [5.41, 5.74) is 0. The third kappa shape index (κ3) is 2.29. The van der Waals surface area contributed by atoms with Crippen LogP contribution in [0.3, 0.4) is 0 Å². The second-order valence-corrected chi connectivity index (χ2v) is 3.54. The minimum atomic E-state index is -0.465. The highest BCUT2D eigenvalue weighted by molar-refractivity contribution is 5.82. The van der Waals surface area contributed by atoms with E-state index >= 15 is 0 Å². The summed E-state index contributed by atoms with van der Waals surface area (Å²) in [5.74, 6) is -0.313. The standard InChI is InChI=1S/C9H15FN2O2/c1-11-4-9(14)12-5-7(3-10)2-8(12)6-13/h6-8,11H,2-5H2,1H3. The molecule has 1 aliphatic heterocycles. The second kappa shape index (κ2) is 5.05. The molecule has 2 unspecified atom stereocenters. The fourth-order valence-corrected chi connectivity index (χ4v) is 1.74. The highest BCUT2D eigenvalue weighted by atomic mass is 19.1. The lowest BCUT2D eigenvalue weighted by Crippen LogP contribution is -2.41. The van der Waals surface area contributed by atoms with E-state index < -0.39 is 12.7 Å². The van der Waals surface area contributed by atoms with Gasteiger partial charge in [0.05, 0.1) is 19.3 Å². The van der Waals surface area contributed by atoms with Crippen LogP contribution in [0.1, 0.15) is 6.42 Å². The average Bonchev–Trinajstić information content (AvgIpc) is 2.61. The third-order valence-electron chi connectivity index (χ3n) is 2.45. The van der Waals surface area contributed by atoms with E-state index in [4.69, 9.17) is 0 Å². The van der Waals surface area contributed by atoms with E-state index in [-0.39, 0.29) is 18.4 Å². The molecule has 5 heteroatoms. The minimum Gasteiger partial charge on any atom is -0.331 e. The van der Waals surface area contributed by atoms with Gasteiger partial charge < -0.3 is 15.0 Å². The Morgan fingerprint density at radius 2 is 2.43 bits per heavy atom. The zero-order chi connectivity index (χ0) is 10.6. The quantitative estimate of drug-likeness (QED) is 0.631. The van der Waals surface area contributed by atoms with Gasteiger partial charge in [-0.1, -0.05) is 0 Å². The number of alkyl halides is 1. The molecule has 0 spiro atoms. The molecule has 0 aliphatic carbocycles. The van der Waals surface area contributed by atoms with Crippen molar-refractivity contribution in [3.63, 3.8) is 0 Å². The lowest BCUT2D eigenvalue weighted by molar-refractivity contribution is -0.133. The molecular weight excluding hydrogens is 187 g/mol. The number of amides is 1. The maximum absolute atomic E-state index is 12.4. The first-order chi connectivity index (χ1) is 6.72. The van der Waals surface area contributed by atoms with Gasteiger partial charge in [0.25, 0.3) is 0 Å². The summed E-state index contributed by atoms with van der Waals surface area (Å²) in [6, 6.07) is -0.434. The Hall–Kier alpha value is -0.970. The first-order valence-electron chi connectivity index (χ1n) is 4.68. The van der Waals surface area contributed by atoms with Crippen LogP contribution in [0.15, 0.2) is 0 Å². The molecule has 2 atom stereocenters. The second-order valence-electron chi connectivity index (χ2n) is 3.54. The summed E-state index contributed by atoms with van der Waals surface area (Å²) in [7, 11) is 1.66. The smallest absolute Gasteiger partial charge is 0.237 e. The highest BCUT2D eigenvalue weighted by Gasteiger charge is 2.34. The van der Waals surface area contributed by atoms with Crippen LogP contribution in [0.25, 0.3) is 0 Å². The molecule has 0 radical (unpaired) electrons. The lowest BCUT2D eigenvalue weighted by Gasteiger charge is -2.20. The molecule has 0 aromatic heterocycles. The Morgan fingerprint density at radius 3 is 2.93 bits per heavy atom. The molecule has 1 amide bonds. The van der Waals surface area contributed by atoms with Gasteiger partial charge in [0.2, 0.25) is 5.91 Å². The zero-order valence-corrected chi connectivity index (χ0v) is 8.20. The molecule has 1 N–H and O–H groups in total. The van der Waals surface area contributed by atoms with Crippen molar-refractivity contribution in [1.29, 1.82) is 0 Å². The number of hydrogen-bond acceptors (Lipinski definition) is 3. The number of aldehydes is 1. The summed E-state index contributed by atoms with van der Waals surface area (Å²) in [4.78, 5) is 23.6. The van der Waals surface area contributed by atoms with Gasteiger partial charge >= 0.3 is 0 Å². The van der Waals surface area contributed by atoms with Gasteiger partial charge in [0.1, 0.15) is 6.29 Å². The van der Waals surface area contributed by atoms with E-state index in [2.05, 4.69) is 5.32 Å². The van der Waals surface area contributed by atoms with E-state index in [1.165, 1.54) is 4.90 Å². The predicted octanol–water partition coefficient (Wildman–Crippen LogP) is -0.409. The van der Waals surface area contributed by atoms with Crippen molar-refractivity contribution in [3.8, 4) is 0 Å². The van der Waals surface area contributed by atoms with Crippen molar-refractivity contribution in [2.75, 3.05) is 26.8 Å². The fraction of sp³-hybridized carbons (Fsp3) is 0.778. The molecule has 0 aromatic rings. The van der Waals surface area contributed by atoms with Crippen LogP contribution in [0.5, 0.6) is 0 Å². The number of rotatable bonds is 4. The molecule has 4 nitrogen and oxygen atoms in total. The van der Waals surface area contributed by atoms with Crippen LogP contribution in [0.4, 0.5) is 4.39 Å². The van der Waals surface area contributed by atoms with E-state index in [1.807, 2.05) is 0 Å². The number of carbonyl (C=O) groups excluding carboxylic acids is 2. The van der Waals surface area contributed by atoms with Gasteiger partial charge in [-0.05, 0) is 13.5 Å². The Morgan fingerprint density at radius 1 is 1.71 bits per heavy atom. The van der Waals surface area contributed by atoms with Crippen LogP contribution in [0, 0.1) is 5.92 Å². The monoisotopic (exact) mass is 202 g/mol. The van der Waals surface area contributed by atoms with Gasteiger partial charge in [0, 0.05) is 12.5 Å². The summed E-state index contributed by atoms with van der Waals surface area (Å²) < 4.78 is 12.4. The number of nitrogens with one attached hydrogen (secondary N) is 1. The largest absolute Gasteiger partial charge is 0.331 e. The molecule has 1 rings (SSSR count). The third-order valence-corrected chi connectivity index (χ3v) is 2.45. The molecule has 0 saturated carbocycles. The van der Waals surface area contributed by atoms with Crippen molar-refractivity contribution >= 4 is 12.2 Å². The maximum atomic E-state index is 12.4. The predicted molar refractivity (Wildman–Crippen MR) is 49.6 cm³/mol. The number of likely N-dealkylation sites (N-methyl/N-ethyl adjacent to an activating group) is 1. The Balaban J connectivity index is 2.58. The van der Waals surface area contributed by atoms with Crippen LogP contribution in [0.2, 0.25) is 0 Å². The normalized spacial score (nSPS) is 26.6. The Bertz CT molecular complexity index is 223. The molecule has 14 heavy (non-hydrogen) atoms. The molecular formula is C9H15FN2O2.